The van der Waals surface area contributed by atoms with Crippen LogP contribution >= 0.6 is 0 Å². The zero-order valence-electron chi connectivity index (χ0n) is 17.1. The lowest BCUT2D eigenvalue weighted by atomic mass is 9.78. The van der Waals surface area contributed by atoms with Crippen molar-refractivity contribution in [1.29, 1.82) is 0 Å². The van der Waals surface area contributed by atoms with E-state index in [4.69, 9.17) is 0 Å². The third-order valence-electron chi connectivity index (χ3n) is 4.13. The Balaban J connectivity index is 3.54. The number of phenols is 1. The Labute approximate surface area is 162 Å². The average Bonchev–Trinajstić information content (AvgIpc) is 2.45. The number of hydrogen-bond acceptors (Lipinski definition) is 4. The molecule has 6 nitrogen and oxygen atoms in total. The van der Waals surface area contributed by atoms with E-state index in [0.717, 1.165) is 17.2 Å². The number of carboxylic acid groups (broad SMARTS) is 1. The second-order valence-corrected chi connectivity index (χ2v) is 10.5. The first-order valence-electron chi connectivity index (χ1n) is 8.88. The molecule has 0 spiro atoms. The van der Waals surface area contributed by atoms with Gasteiger partial charge >= 0.3 is 5.97 Å². The minimum atomic E-state index is -4.01. The van der Waals surface area contributed by atoms with Crippen molar-refractivity contribution in [2.75, 3.05) is 6.54 Å². The van der Waals surface area contributed by atoms with E-state index in [9.17, 15) is 23.4 Å². The molecule has 0 aromatic heterocycles. The molecule has 0 radical (unpaired) electrons. The molecule has 152 valence electrons. The summed E-state index contributed by atoms with van der Waals surface area (Å²) < 4.78 is 26.5. The van der Waals surface area contributed by atoms with Crippen molar-refractivity contribution in [2.24, 2.45) is 0 Å². The van der Waals surface area contributed by atoms with Gasteiger partial charge in [0, 0.05) is 17.7 Å². The summed E-state index contributed by atoms with van der Waals surface area (Å²) in [4.78, 5) is 11.4. The number of nitrogens with one attached hydrogen (secondary N) is 1. The highest BCUT2D eigenvalue weighted by Crippen LogP contribution is 2.40. The van der Waals surface area contributed by atoms with Crippen LogP contribution in [0.4, 0.5) is 0 Å². The first-order valence-corrected chi connectivity index (χ1v) is 10.4. The van der Waals surface area contributed by atoms with E-state index in [1.54, 1.807) is 19.1 Å². The van der Waals surface area contributed by atoms with Gasteiger partial charge < -0.3 is 10.2 Å². The van der Waals surface area contributed by atoms with E-state index in [2.05, 4.69) is 4.72 Å². The van der Waals surface area contributed by atoms with Gasteiger partial charge in [0.25, 0.3) is 0 Å². The summed E-state index contributed by atoms with van der Waals surface area (Å²) in [5, 5.41) is 18.3. The number of aromatic hydroxyl groups is 1. The lowest BCUT2D eigenvalue weighted by Crippen LogP contribution is -2.38. The van der Waals surface area contributed by atoms with Crippen molar-refractivity contribution in [3.8, 4) is 5.75 Å². The summed E-state index contributed by atoms with van der Waals surface area (Å²) in [5.41, 5.74) is 1.40. The molecule has 1 atom stereocenters. The van der Waals surface area contributed by atoms with Crippen LogP contribution in [0.3, 0.4) is 0 Å². The molecule has 1 unspecified atom stereocenters. The Morgan fingerprint density at radius 1 is 1.11 bits per heavy atom. The molecule has 7 heteroatoms. The molecule has 1 rings (SSSR count). The van der Waals surface area contributed by atoms with Crippen molar-refractivity contribution in [3.05, 3.63) is 34.9 Å². The normalized spacial score (nSPS) is 14.5. The van der Waals surface area contributed by atoms with Gasteiger partial charge in [0.2, 0.25) is 10.0 Å². The maximum absolute atomic E-state index is 12.1. The number of carboxylic acids is 1. The molecule has 0 aliphatic carbocycles. The fraction of sp³-hybridized carbons (Fsp3) is 0.550. The predicted octanol–water partition coefficient (Wildman–Crippen LogP) is 3.39. The Hall–Kier alpha value is -1.86. The Kier molecular flexibility index (Phi) is 6.89. The van der Waals surface area contributed by atoms with Crippen molar-refractivity contribution in [2.45, 2.75) is 64.5 Å². The lowest BCUT2D eigenvalue weighted by Gasteiger charge is -2.28. The maximum Gasteiger partial charge on any atom is 0.327 e. The molecule has 3 N–H and O–H groups in total. The van der Waals surface area contributed by atoms with Gasteiger partial charge in [-0.15, -0.1) is 0 Å². The largest absolute Gasteiger partial charge is 0.507 e. The average molecular weight is 398 g/mol. The molecule has 1 aromatic rings. The minimum absolute atomic E-state index is 0.113. The van der Waals surface area contributed by atoms with Crippen molar-refractivity contribution in [1.82, 2.24) is 4.72 Å². The fourth-order valence-corrected chi connectivity index (χ4v) is 3.84. The lowest BCUT2D eigenvalue weighted by molar-refractivity contribution is -0.135. The summed E-state index contributed by atoms with van der Waals surface area (Å²) >= 11 is 0. The van der Waals surface area contributed by atoms with Crippen LogP contribution in [-0.4, -0.2) is 36.4 Å². The number of carbonyl (C=O) groups is 1. The van der Waals surface area contributed by atoms with Gasteiger partial charge in [0.1, 0.15) is 5.75 Å². The van der Waals surface area contributed by atoms with Crippen LogP contribution in [0.2, 0.25) is 0 Å². The van der Waals surface area contributed by atoms with E-state index in [0.29, 0.717) is 5.56 Å². The van der Waals surface area contributed by atoms with Gasteiger partial charge in [-0.3, -0.25) is 4.79 Å². The highest BCUT2D eigenvalue weighted by atomic mass is 32.2. The molecule has 0 saturated carbocycles. The fourth-order valence-electron chi connectivity index (χ4n) is 2.70. The van der Waals surface area contributed by atoms with Crippen LogP contribution in [0, 0.1) is 0 Å². The molecule has 0 saturated heterocycles. The summed E-state index contributed by atoms with van der Waals surface area (Å²) in [6, 6.07) is 3.53. The van der Waals surface area contributed by atoms with E-state index < -0.39 is 21.2 Å². The summed E-state index contributed by atoms with van der Waals surface area (Å²) in [6.45, 7) is 13.5. The molecule has 0 amide bonds. The third-order valence-corrected chi connectivity index (χ3v) is 5.85. The van der Waals surface area contributed by atoms with E-state index in [-0.39, 0.29) is 23.1 Å². The Bertz CT molecular complexity index is 792. The van der Waals surface area contributed by atoms with Gasteiger partial charge in [0.05, 0.1) is 0 Å². The van der Waals surface area contributed by atoms with Crippen LogP contribution in [0.25, 0.3) is 6.08 Å². The maximum atomic E-state index is 12.1. The number of rotatable bonds is 6. The van der Waals surface area contributed by atoms with Crippen LogP contribution in [0.1, 0.15) is 65.2 Å². The number of sulfonamides is 1. The van der Waals surface area contributed by atoms with Gasteiger partial charge in [0.15, 0.2) is 5.25 Å². The van der Waals surface area contributed by atoms with Crippen molar-refractivity contribution < 1.29 is 23.4 Å². The van der Waals surface area contributed by atoms with Crippen molar-refractivity contribution >= 4 is 22.1 Å². The van der Waals surface area contributed by atoms with Crippen molar-refractivity contribution in [3.63, 3.8) is 0 Å². The molecule has 0 aliphatic rings. The molecular weight excluding hydrogens is 366 g/mol. The molecule has 0 aliphatic heterocycles. The second-order valence-electron chi connectivity index (χ2n) is 8.63. The Morgan fingerprint density at radius 3 is 1.89 bits per heavy atom. The van der Waals surface area contributed by atoms with E-state index in [1.807, 2.05) is 41.5 Å². The summed E-state index contributed by atoms with van der Waals surface area (Å²) in [6.07, 6.45) is 2.64. The quantitative estimate of drug-likeness (QED) is 0.683. The number of aliphatic carboxylic acids is 1. The van der Waals surface area contributed by atoms with Gasteiger partial charge in [-0.25, -0.2) is 13.1 Å². The SMILES string of the molecule is CCNS(=O)(=O)C(/C=C/c1cc(C(C)(C)C)c(O)c(C(C)(C)C)c1)C(=O)O. The standard InChI is InChI=1S/C20H31NO5S/c1-8-21-27(25,26)16(18(23)24)10-9-13-11-14(19(2,3)4)17(22)15(12-13)20(5,6)7/h9-12,16,21-22H,8H2,1-7H3,(H,23,24)/b10-9+. The minimum Gasteiger partial charge on any atom is -0.507 e. The highest BCUT2D eigenvalue weighted by molar-refractivity contribution is 7.91. The molecular formula is C20H31NO5S. The summed E-state index contributed by atoms with van der Waals surface area (Å²) in [7, 11) is -4.01. The number of benzene rings is 1. The molecule has 0 bridgehead atoms. The second kappa shape index (κ2) is 8.02. The zero-order chi connectivity index (χ0) is 21.2. The summed E-state index contributed by atoms with van der Waals surface area (Å²) in [5.74, 6) is -1.24. The Morgan fingerprint density at radius 2 is 1.56 bits per heavy atom. The smallest absolute Gasteiger partial charge is 0.327 e. The van der Waals surface area contributed by atoms with Crippen LogP contribution < -0.4 is 4.72 Å². The molecule has 0 fully saturated rings. The van der Waals surface area contributed by atoms with E-state index >= 15 is 0 Å². The van der Waals surface area contributed by atoms with E-state index in [1.165, 1.54) is 6.08 Å². The third kappa shape index (κ3) is 5.81. The topological polar surface area (TPSA) is 104 Å². The monoisotopic (exact) mass is 397 g/mol. The van der Waals surface area contributed by atoms with Gasteiger partial charge in [-0.1, -0.05) is 60.6 Å². The number of phenolic OH excluding ortho intramolecular Hbond substituents is 1. The first-order chi connectivity index (χ1) is 12.1. The highest BCUT2D eigenvalue weighted by Gasteiger charge is 2.30. The van der Waals surface area contributed by atoms with Crippen LogP contribution in [0.5, 0.6) is 5.75 Å². The number of hydrogen-bond donors (Lipinski definition) is 3. The van der Waals surface area contributed by atoms with Crippen LogP contribution in [-0.2, 0) is 25.6 Å². The van der Waals surface area contributed by atoms with Gasteiger partial charge in [-0.05, 0) is 28.5 Å². The molecule has 0 heterocycles. The first kappa shape index (κ1) is 23.2. The van der Waals surface area contributed by atoms with Crippen LogP contribution in [0.15, 0.2) is 18.2 Å². The molecule has 1 aromatic carbocycles. The zero-order valence-corrected chi connectivity index (χ0v) is 17.9. The predicted molar refractivity (Wildman–Crippen MR) is 109 cm³/mol. The van der Waals surface area contributed by atoms with Gasteiger partial charge in [-0.2, -0.15) is 0 Å². The molecule has 27 heavy (non-hydrogen) atoms.